The highest BCUT2D eigenvalue weighted by molar-refractivity contribution is 5.69. The first kappa shape index (κ1) is 25.5. The molecule has 0 saturated heterocycles. The number of aliphatic hydroxyl groups is 1. The van der Waals surface area contributed by atoms with Gasteiger partial charge >= 0.3 is 5.97 Å². The van der Waals surface area contributed by atoms with Gasteiger partial charge in [-0.3, -0.25) is 4.79 Å². The van der Waals surface area contributed by atoms with Crippen LogP contribution in [0.1, 0.15) is 90.9 Å². The van der Waals surface area contributed by atoms with Crippen LogP contribution in [0.25, 0.3) is 0 Å². The van der Waals surface area contributed by atoms with Gasteiger partial charge in [0.2, 0.25) is 0 Å². The van der Waals surface area contributed by atoms with Crippen molar-refractivity contribution in [3.63, 3.8) is 0 Å². The van der Waals surface area contributed by atoms with E-state index in [1.54, 1.807) is 0 Å². The Morgan fingerprint density at radius 2 is 1.52 bits per heavy atom. The van der Waals surface area contributed by atoms with E-state index in [2.05, 4.69) is 19.2 Å². The molecule has 0 aliphatic carbocycles. The molecule has 0 aliphatic heterocycles. The number of hydrogen-bond acceptors (Lipinski definition) is 4. The van der Waals surface area contributed by atoms with Crippen molar-refractivity contribution in [2.24, 2.45) is 5.92 Å². The van der Waals surface area contributed by atoms with Crippen LogP contribution < -0.4 is 5.32 Å². The van der Waals surface area contributed by atoms with Crippen LogP contribution in [0.4, 0.5) is 5.69 Å². The maximum atomic E-state index is 11.7. The summed E-state index contributed by atoms with van der Waals surface area (Å²) in [5.74, 6) is 0.724. The van der Waals surface area contributed by atoms with Gasteiger partial charge in [0.05, 0.1) is 12.7 Å². The van der Waals surface area contributed by atoms with Crippen LogP contribution in [0.15, 0.2) is 30.3 Å². The quantitative estimate of drug-likeness (QED) is 0.221. The fourth-order valence-electron chi connectivity index (χ4n) is 3.34. The van der Waals surface area contributed by atoms with E-state index in [-0.39, 0.29) is 12.1 Å². The van der Waals surface area contributed by atoms with Crippen LogP contribution in [-0.4, -0.2) is 30.3 Å². The van der Waals surface area contributed by atoms with Crippen LogP contribution >= 0.6 is 0 Å². The number of benzene rings is 1. The molecular weight excluding hydrogens is 362 g/mol. The number of rotatable bonds is 18. The number of para-hydroxylation sites is 1. The number of hydrogen-bond donors (Lipinski definition) is 2. The highest BCUT2D eigenvalue weighted by atomic mass is 16.5. The Balaban J connectivity index is 1.83. The first-order valence-corrected chi connectivity index (χ1v) is 11.7. The zero-order valence-electron chi connectivity index (χ0n) is 18.7. The molecule has 166 valence electrons. The molecule has 1 aromatic carbocycles. The third kappa shape index (κ3) is 16.0. The summed E-state index contributed by atoms with van der Waals surface area (Å²) in [5.41, 5.74) is 1.05. The number of ether oxygens (including phenoxy) is 1. The van der Waals surface area contributed by atoms with Gasteiger partial charge in [-0.15, -0.1) is 0 Å². The van der Waals surface area contributed by atoms with E-state index in [0.29, 0.717) is 19.6 Å². The fourth-order valence-corrected chi connectivity index (χ4v) is 3.34. The van der Waals surface area contributed by atoms with Crippen LogP contribution in [-0.2, 0) is 9.53 Å². The number of carbonyl (C=O) groups is 1. The molecule has 0 heterocycles. The Labute approximate surface area is 178 Å². The second-order valence-electron chi connectivity index (χ2n) is 8.52. The van der Waals surface area contributed by atoms with Gasteiger partial charge in [-0.1, -0.05) is 83.4 Å². The molecule has 0 amide bonds. The normalized spacial score (nSPS) is 12.1. The molecule has 2 N–H and O–H groups in total. The lowest BCUT2D eigenvalue weighted by molar-refractivity contribution is -0.143. The molecule has 1 rings (SSSR count). The van der Waals surface area contributed by atoms with E-state index < -0.39 is 0 Å². The van der Waals surface area contributed by atoms with Gasteiger partial charge in [0, 0.05) is 18.7 Å². The lowest BCUT2D eigenvalue weighted by Gasteiger charge is -2.12. The van der Waals surface area contributed by atoms with Gasteiger partial charge in [-0.25, -0.2) is 0 Å². The van der Waals surface area contributed by atoms with Crippen LogP contribution in [0.5, 0.6) is 0 Å². The predicted molar refractivity (Wildman–Crippen MR) is 122 cm³/mol. The molecule has 4 nitrogen and oxygen atoms in total. The van der Waals surface area contributed by atoms with Crippen molar-refractivity contribution >= 4 is 11.7 Å². The Kier molecular flexibility index (Phi) is 15.2. The molecule has 0 radical (unpaired) electrons. The second-order valence-corrected chi connectivity index (χ2v) is 8.52. The van der Waals surface area contributed by atoms with Crippen molar-refractivity contribution in [1.29, 1.82) is 0 Å². The third-order valence-corrected chi connectivity index (χ3v) is 5.17. The number of anilines is 1. The predicted octanol–water partition coefficient (Wildman–Crippen LogP) is 6.34. The molecule has 1 atom stereocenters. The summed E-state index contributed by atoms with van der Waals surface area (Å²) in [4.78, 5) is 11.7. The molecule has 0 aliphatic rings. The molecule has 0 fully saturated rings. The Morgan fingerprint density at radius 1 is 0.897 bits per heavy atom. The van der Waals surface area contributed by atoms with E-state index in [1.807, 2.05) is 30.3 Å². The van der Waals surface area contributed by atoms with E-state index in [1.165, 1.54) is 19.3 Å². The highest BCUT2D eigenvalue weighted by Crippen LogP contribution is 2.12. The fraction of sp³-hybridized carbons (Fsp3) is 0.720. The van der Waals surface area contributed by atoms with Gasteiger partial charge in [0.15, 0.2) is 0 Å². The lowest BCUT2D eigenvalue weighted by Crippen LogP contribution is -2.19. The van der Waals surface area contributed by atoms with Crippen LogP contribution in [0.2, 0.25) is 0 Å². The van der Waals surface area contributed by atoms with Gasteiger partial charge in [0.1, 0.15) is 0 Å². The summed E-state index contributed by atoms with van der Waals surface area (Å²) < 4.78 is 5.30. The molecule has 0 spiro atoms. The number of unbranched alkanes of at least 4 members (excludes halogenated alkanes) is 7. The van der Waals surface area contributed by atoms with E-state index in [4.69, 9.17) is 4.74 Å². The molecule has 0 aromatic heterocycles. The molecule has 29 heavy (non-hydrogen) atoms. The average Bonchev–Trinajstić information content (AvgIpc) is 2.71. The lowest BCUT2D eigenvalue weighted by atomic mass is 10.1. The minimum absolute atomic E-state index is 0.0390. The summed E-state index contributed by atoms with van der Waals surface area (Å²) in [6.07, 6.45) is 12.3. The summed E-state index contributed by atoms with van der Waals surface area (Å²) in [6, 6.07) is 9.99. The minimum atomic E-state index is -0.296. The van der Waals surface area contributed by atoms with Gasteiger partial charge in [-0.05, 0) is 37.3 Å². The molecule has 1 aromatic rings. The number of nitrogens with one attached hydrogen (secondary N) is 1. The molecule has 0 saturated carbocycles. The van der Waals surface area contributed by atoms with E-state index in [0.717, 1.165) is 63.0 Å². The zero-order chi connectivity index (χ0) is 21.2. The summed E-state index contributed by atoms with van der Waals surface area (Å²) >= 11 is 0. The Bertz CT molecular complexity index is 504. The largest absolute Gasteiger partial charge is 0.466 e. The van der Waals surface area contributed by atoms with Crippen molar-refractivity contribution in [2.75, 3.05) is 18.5 Å². The van der Waals surface area contributed by atoms with E-state index in [9.17, 15) is 9.90 Å². The topological polar surface area (TPSA) is 58.6 Å². The van der Waals surface area contributed by atoms with Gasteiger partial charge in [-0.2, -0.15) is 0 Å². The van der Waals surface area contributed by atoms with Crippen LogP contribution in [0, 0.1) is 5.92 Å². The molecular formula is C25H43NO3. The monoisotopic (exact) mass is 405 g/mol. The first-order chi connectivity index (χ1) is 14.1. The molecule has 0 bridgehead atoms. The summed E-state index contributed by atoms with van der Waals surface area (Å²) in [5, 5.41) is 13.3. The van der Waals surface area contributed by atoms with Crippen molar-refractivity contribution in [3.05, 3.63) is 30.3 Å². The molecule has 1 unspecified atom stereocenters. The number of aliphatic hydroxyl groups excluding tert-OH is 1. The standard InChI is InChI=1S/C25H43NO3/c1-22(2)15-9-8-14-20-29-25(28)19-13-6-4-3-5-12-18-24(27)21-26-23-16-10-7-11-17-23/h7,10-11,16-17,22,24,26-27H,3-6,8-9,12-15,18-21H2,1-2H3. The molecule has 4 heteroatoms. The average molecular weight is 406 g/mol. The SMILES string of the molecule is CC(C)CCCCCOC(=O)CCCCCCCCC(O)CNc1ccccc1. The Hall–Kier alpha value is -1.55. The zero-order valence-corrected chi connectivity index (χ0v) is 18.7. The number of carbonyl (C=O) groups excluding carboxylic acids is 1. The highest BCUT2D eigenvalue weighted by Gasteiger charge is 2.05. The first-order valence-electron chi connectivity index (χ1n) is 11.7. The van der Waals surface area contributed by atoms with Gasteiger partial charge in [0.25, 0.3) is 0 Å². The van der Waals surface area contributed by atoms with E-state index >= 15 is 0 Å². The minimum Gasteiger partial charge on any atom is -0.466 e. The van der Waals surface area contributed by atoms with Crippen molar-refractivity contribution in [3.8, 4) is 0 Å². The van der Waals surface area contributed by atoms with Crippen molar-refractivity contribution in [1.82, 2.24) is 0 Å². The number of esters is 1. The van der Waals surface area contributed by atoms with Crippen molar-refractivity contribution in [2.45, 2.75) is 97.0 Å². The maximum absolute atomic E-state index is 11.7. The third-order valence-electron chi connectivity index (χ3n) is 5.17. The second kappa shape index (κ2) is 17.3. The van der Waals surface area contributed by atoms with Gasteiger partial charge < -0.3 is 15.2 Å². The summed E-state index contributed by atoms with van der Waals surface area (Å²) in [6.45, 7) is 5.67. The summed E-state index contributed by atoms with van der Waals surface area (Å²) in [7, 11) is 0. The van der Waals surface area contributed by atoms with Crippen molar-refractivity contribution < 1.29 is 14.6 Å². The Morgan fingerprint density at radius 3 is 2.24 bits per heavy atom. The van der Waals surface area contributed by atoms with Crippen LogP contribution in [0.3, 0.4) is 0 Å². The maximum Gasteiger partial charge on any atom is 0.305 e. The smallest absolute Gasteiger partial charge is 0.305 e.